The minimum atomic E-state index is 0.444. The highest BCUT2D eigenvalue weighted by Gasteiger charge is 2.53. The van der Waals surface area contributed by atoms with Crippen LogP contribution in [0.2, 0.25) is 0 Å². The van der Waals surface area contributed by atoms with E-state index in [1.54, 1.807) is 0 Å². The van der Waals surface area contributed by atoms with Crippen molar-refractivity contribution in [3.8, 4) is 0 Å². The Balaban J connectivity index is 1.92. The Labute approximate surface area is 111 Å². The first-order valence-electron chi connectivity index (χ1n) is 7.52. The van der Waals surface area contributed by atoms with Crippen LogP contribution in [0.1, 0.15) is 71.6 Å². The van der Waals surface area contributed by atoms with Crippen LogP contribution in [-0.4, -0.2) is 16.5 Å². The summed E-state index contributed by atoms with van der Waals surface area (Å²) in [5, 5.41) is 0.779. The molecule has 2 saturated carbocycles. The predicted octanol–water partition coefficient (Wildman–Crippen LogP) is 4.35. The van der Waals surface area contributed by atoms with Gasteiger partial charge in [0.25, 0.3) is 0 Å². The Morgan fingerprint density at radius 3 is 2.18 bits per heavy atom. The molecule has 0 aromatic heterocycles. The Morgan fingerprint density at radius 1 is 1.12 bits per heavy atom. The number of thioether (sulfide) groups is 1. The van der Waals surface area contributed by atoms with Gasteiger partial charge in [-0.15, -0.1) is 0 Å². The summed E-state index contributed by atoms with van der Waals surface area (Å²) < 4.78 is 0.444. The van der Waals surface area contributed by atoms with E-state index in [-0.39, 0.29) is 0 Å². The Hall–Kier alpha value is 0.310. The van der Waals surface area contributed by atoms with Crippen molar-refractivity contribution in [2.24, 2.45) is 11.1 Å². The lowest BCUT2D eigenvalue weighted by Gasteiger charge is -2.57. The summed E-state index contributed by atoms with van der Waals surface area (Å²) in [5.74, 6) is 0. The number of rotatable bonds is 4. The second-order valence-electron chi connectivity index (χ2n) is 6.49. The zero-order chi connectivity index (χ0) is 12.4. The maximum Gasteiger partial charge on any atom is 0.0295 e. The minimum Gasteiger partial charge on any atom is -0.329 e. The zero-order valence-corrected chi connectivity index (χ0v) is 12.5. The molecule has 2 heteroatoms. The number of hydrogen-bond acceptors (Lipinski definition) is 2. The predicted molar refractivity (Wildman–Crippen MR) is 78.5 cm³/mol. The lowest BCUT2D eigenvalue weighted by Crippen LogP contribution is -2.54. The molecule has 1 spiro atoms. The van der Waals surface area contributed by atoms with Crippen molar-refractivity contribution >= 4 is 11.8 Å². The van der Waals surface area contributed by atoms with Crippen LogP contribution in [-0.2, 0) is 0 Å². The average molecular weight is 255 g/mol. The molecule has 1 unspecified atom stereocenters. The van der Waals surface area contributed by atoms with Gasteiger partial charge < -0.3 is 5.73 Å². The van der Waals surface area contributed by atoms with Crippen LogP contribution >= 0.6 is 11.8 Å². The summed E-state index contributed by atoms with van der Waals surface area (Å²) >= 11 is 2.18. The van der Waals surface area contributed by atoms with Crippen LogP contribution in [0, 0.1) is 5.41 Å². The molecule has 2 aliphatic rings. The van der Waals surface area contributed by atoms with Crippen LogP contribution in [0.25, 0.3) is 0 Å². The molecule has 0 heterocycles. The fraction of sp³-hybridized carbons (Fsp3) is 1.00. The van der Waals surface area contributed by atoms with E-state index in [1.807, 2.05) is 0 Å². The van der Waals surface area contributed by atoms with Crippen LogP contribution in [0.3, 0.4) is 0 Å². The molecule has 2 aliphatic carbocycles. The van der Waals surface area contributed by atoms with E-state index in [4.69, 9.17) is 5.73 Å². The summed E-state index contributed by atoms with van der Waals surface area (Å²) in [6.07, 6.45) is 12.9. The summed E-state index contributed by atoms with van der Waals surface area (Å²) in [5.41, 5.74) is 6.78. The van der Waals surface area contributed by atoms with E-state index < -0.39 is 0 Å². The summed E-state index contributed by atoms with van der Waals surface area (Å²) in [7, 11) is 0. The molecule has 0 bridgehead atoms. The molecule has 0 aromatic rings. The van der Waals surface area contributed by atoms with Crippen molar-refractivity contribution in [2.45, 2.75) is 81.6 Å². The minimum absolute atomic E-state index is 0.444. The molecule has 0 radical (unpaired) electrons. The third kappa shape index (κ3) is 3.01. The first kappa shape index (κ1) is 13.7. The standard InChI is InChI=1S/C15H29NS/c1-3-13(2)17-15(12-16)10-14(11-15)8-6-4-5-7-9-14/h13H,3-12,16H2,1-2H3. The molecular weight excluding hydrogens is 226 g/mol. The van der Waals surface area contributed by atoms with Gasteiger partial charge in [-0.2, -0.15) is 11.8 Å². The topological polar surface area (TPSA) is 26.0 Å². The normalized spacial score (nSPS) is 28.4. The first-order valence-corrected chi connectivity index (χ1v) is 8.40. The molecule has 2 fully saturated rings. The number of nitrogens with two attached hydrogens (primary N) is 1. The van der Waals surface area contributed by atoms with Gasteiger partial charge in [0, 0.05) is 16.5 Å². The van der Waals surface area contributed by atoms with Gasteiger partial charge >= 0.3 is 0 Å². The van der Waals surface area contributed by atoms with Crippen LogP contribution in [0.5, 0.6) is 0 Å². The molecular formula is C15H29NS. The fourth-order valence-corrected chi connectivity index (χ4v) is 5.83. The van der Waals surface area contributed by atoms with Crippen molar-refractivity contribution in [2.75, 3.05) is 6.54 Å². The molecule has 2 rings (SSSR count). The second-order valence-corrected chi connectivity index (χ2v) is 8.40. The van der Waals surface area contributed by atoms with Crippen LogP contribution in [0.4, 0.5) is 0 Å². The van der Waals surface area contributed by atoms with Gasteiger partial charge in [-0.25, -0.2) is 0 Å². The fourth-order valence-electron chi connectivity index (χ4n) is 3.93. The third-order valence-electron chi connectivity index (χ3n) is 4.96. The molecule has 0 aliphatic heterocycles. The molecule has 17 heavy (non-hydrogen) atoms. The molecule has 0 aromatic carbocycles. The van der Waals surface area contributed by atoms with Crippen LogP contribution in [0.15, 0.2) is 0 Å². The molecule has 0 amide bonds. The zero-order valence-electron chi connectivity index (χ0n) is 11.6. The Bertz CT molecular complexity index is 235. The highest BCUT2D eigenvalue weighted by Crippen LogP contribution is 2.61. The van der Waals surface area contributed by atoms with E-state index in [1.165, 1.54) is 57.8 Å². The summed E-state index contributed by atoms with van der Waals surface area (Å²) in [4.78, 5) is 0. The smallest absolute Gasteiger partial charge is 0.0295 e. The molecule has 0 saturated heterocycles. The van der Waals surface area contributed by atoms with Crippen molar-refractivity contribution in [3.05, 3.63) is 0 Å². The highest BCUT2D eigenvalue weighted by atomic mass is 32.2. The maximum atomic E-state index is 6.08. The lowest BCUT2D eigenvalue weighted by atomic mass is 9.58. The summed E-state index contributed by atoms with van der Waals surface area (Å²) in [6.45, 7) is 5.55. The highest BCUT2D eigenvalue weighted by molar-refractivity contribution is 8.01. The largest absolute Gasteiger partial charge is 0.329 e. The van der Waals surface area contributed by atoms with Crippen molar-refractivity contribution in [1.82, 2.24) is 0 Å². The molecule has 1 nitrogen and oxygen atoms in total. The average Bonchev–Trinajstić information content (AvgIpc) is 2.53. The Morgan fingerprint density at radius 2 is 1.71 bits per heavy atom. The van der Waals surface area contributed by atoms with Gasteiger partial charge in [0.05, 0.1) is 0 Å². The molecule has 1 atom stereocenters. The SMILES string of the molecule is CCC(C)SC1(CN)CC2(CCCCCC2)C1. The van der Waals surface area contributed by atoms with E-state index in [9.17, 15) is 0 Å². The summed E-state index contributed by atoms with van der Waals surface area (Å²) in [6, 6.07) is 0. The third-order valence-corrected chi connectivity index (χ3v) is 6.65. The van der Waals surface area contributed by atoms with Crippen LogP contribution < -0.4 is 5.73 Å². The van der Waals surface area contributed by atoms with Gasteiger partial charge in [-0.1, -0.05) is 39.5 Å². The van der Waals surface area contributed by atoms with Gasteiger partial charge in [-0.05, 0) is 37.5 Å². The Kier molecular flexibility index (Phi) is 4.46. The van der Waals surface area contributed by atoms with Crippen molar-refractivity contribution < 1.29 is 0 Å². The second kappa shape index (κ2) is 5.52. The van der Waals surface area contributed by atoms with Crippen molar-refractivity contribution in [1.29, 1.82) is 0 Å². The van der Waals surface area contributed by atoms with E-state index in [0.717, 1.165) is 11.8 Å². The lowest BCUT2D eigenvalue weighted by molar-refractivity contribution is 0.0656. The van der Waals surface area contributed by atoms with Crippen molar-refractivity contribution in [3.63, 3.8) is 0 Å². The van der Waals surface area contributed by atoms with Gasteiger partial charge in [0.1, 0.15) is 0 Å². The van der Waals surface area contributed by atoms with E-state index in [2.05, 4.69) is 25.6 Å². The van der Waals surface area contributed by atoms with Gasteiger partial charge in [0.15, 0.2) is 0 Å². The quantitative estimate of drug-likeness (QED) is 0.808. The molecule has 100 valence electrons. The van der Waals surface area contributed by atoms with Gasteiger partial charge in [-0.3, -0.25) is 0 Å². The number of hydrogen-bond donors (Lipinski definition) is 1. The van der Waals surface area contributed by atoms with E-state index in [0.29, 0.717) is 10.2 Å². The van der Waals surface area contributed by atoms with E-state index >= 15 is 0 Å². The van der Waals surface area contributed by atoms with Gasteiger partial charge in [0.2, 0.25) is 0 Å². The monoisotopic (exact) mass is 255 g/mol. The molecule has 2 N–H and O–H groups in total. The first-order chi connectivity index (χ1) is 8.14. The maximum absolute atomic E-state index is 6.08.